The van der Waals surface area contributed by atoms with Gasteiger partial charge in [0.25, 0.3) is 0 Å². The highest BCUT2D eigenvalue weighted by Crippen LogP contribution is 2.23. The number of halogens is 3. The lowest BCUT2D eigenvalue weighted by Gasteiger charge is -2.27. The van der Waals surface area contributed by atoms with Gasteiger partial charge in [-0.1, -0.05) is 29.8 Å². The summed E-state index contributed by atoms with van der Waals surface area (Å²) in [7, 11) is 1.67. The van der Waals surface area contributed by atoms with Crippen LogP contribution in [0.2, 0.25) is 0 Å². The summed E-state index contributed by atoms with van der Waals surface area (Å²) in [6.07, 6.45) is -4.94. The topological polar surface area (TPSA) is 29.3 Å². The molecule has 1 aromatic rings. The monoisotopic (exact) mass is 260 g/mol. The average Bonchev–Trinajstić information content (AvgIpc) is 2.29. The largest absolute Gasteiger partial charge is 0.390 e. The zero-order chi connectivity index (χ0) is 13.8. The fourth-order valence-electron chi connectivity index (χ4n) is 1.82. The average molecular weight is 260 g/mol. The number of hydrogen-bond donors (Lipinski definition) is 1. The summed E-state index contributed by atoms with van der Waals surface area (Å²) in [6.45, 7) is 2.23. The molecular formula is C13H19F3N2. The van der Waals surface area contributed by atoms with Crippen molar-refractivity contribution in [2.45, 2.75) is 25.6 Å². The zero-order valence-electron chi connectivity index (χ0n) is 10.7. The minimum Gasteiger partial charge on any atom is -0.329 e. The Morgan fingerprint density at radius 2 is 1.78 bits per heavy atom. The van der Waals surface area contributed by atoms with E-state index < -0.39 is 12.6 Å². The van der Waals surface area contributed by atoms with E-state index in [1.54, 1.807) is 11.9 Å². The number of likely N-dealkylation sites (N-methyl/N-ethyl adjacent to an activating group) is 1. The van der Waals surface area contributed by atoms with Crippen LogP contribution in [0.15, 0.2) is 24.3 Å². The van der Waals surface area contributed by atoms with Gasteiger partial charge in [-0.05, 0) is 19.5 Å². The third-order valence-corrected chi connectivity index (χ3v) is 2.97. The number of hydrogen-bond acceptors (Lipinski definition) is 2. The van der Waals surface area contributed by atoms with E-state index >= 15 is 0 Å². The van der Waals surface area contributed by atoms with Gasteiger partial charge in [0.1, 0.15) is 0 Å². The van der Waals surface area contributed by atoms with Crippen molar-refractivity contribution in [2.24, 2.45) is 5.73 Å². The molecule has 0 aliphatic heterocycles. The van der Waals surface area contributed by atoms with E-state index in [2.05, 4.69) is 0 Å². The molecule has 2 nitrogen and oxygen atoms in total. The first kappa shape index (κ1) is 15.0. The van der Waals surface area contributed by atoms with Crippen molar-refractivity contribution in [1.82, 2.24) is 4.90 Å². The molecule has 2 N–H and O–H groups in total. The van der Waals surface area contributed by atoms with E-state index in [0.717, 1.165) is 11.1 Å². The van der Waals surface area contributed by atoms with Crippen LogP contribution < -0.4 is 5.73 Å². The molecule has 1 rings (SSSR count). The maximum absolute atomic E-state index is 12.2. The van der Waals surface area contributed by atoms with Crippen LogP contribution in [0.1, 0.15) is 23.6 Å². The van der Waals surface area contributed by atoms with Crippen LogP contribution in [-0.4, -0.2) is 31.2 Å². The fourth-order valence-corrected chi connectivity index (χ4v) is 1.82. The van der Waals surface area contributed by atoms with E-state index in [0.29, 0.717) is 6.54 Å². The van der Waals surface area contributed by atoms with Crippen molar-refractivity contribution in [1.29, 1.82) is 0 Å². The van der Waals surface area contributed by atoms with E-state index in [9.17, 15) is 13.2 Å². The van der Waals surface area contributed by atoms with E-state index in [1.807, 2.05) is 31.2 Å². The summed E-state index contributed by atoms with van der Waals surface area (Å²) in [5.74, 6) is 0. The molecule has 1 aromatic carbocycles. The Morgan fingerprint density at radius 1 is 1.22 bits per heavy atom. The van der Waals surface area contributed by atoms with E-state index in [-0.39, 0.29) is 12.6 Å². The van der Waals surface area contributed by atoms with Gasteiger partial charge in [0.2, 0.25) is 0 Å². The van der Waals surface area contributed by atoms with Gasteiger partial charge in [0.15, 0.2) is 0 Å². The van der Waals surface area contributed by atoms with Gasteiger partial charge < -0.3 is 5.73 Å². The highest BCUT2D eigenvalue weighted by atomic mass is 19.4. The van der Waals surface area contributed by atoms with Crippen molar-refractivity contribution in [3.05, 3.63) is 35.4 Å². The Bertz CT molecular complexity index is 359. The van der Waals surface area contributed by atoms with Gasteiger partial charge in [-0.15, -0.1) is 0 Å². The van der Waals surface area contributed by atoms with Crippen molar-refractivity contribution in [3.8, 4) is 0 Å². The molecule has 0 bridgehead atoms. The van der Waals surface area contributed by atoms with Crippen LogP contribution in [0.3, 0.4) is 0 Å². The standard InChI is InChI=1S/C13H19F3N2/c1-10-3-5-11(6-4-10)12(9-17)18(2)8-7-13(14,15)16/h3-6,12H,7-9,17H2,1-2H3. The number of nitrogens with zero attached hydrogens (tertiary/aromatic N) is 1. The lowest BCUT2D eigenvalue weighted by atomic mass is 10.0. The lowest BCUT2D eigenvalue weighted by molar-refractivity contribution is -0.138. The second-order valence-corrected chi connectivity index (χ2v) is 4.51. The smallest absolute Gasteiger partial charge is 0.329 e. The van der Waals surface area contributed by atoms with Gasteiger partial charge in [-0.25, -0.2) is 0 Å². The number of aryl methyl sites for hydroxylation is 1. The fraction of sp³-hybridized carbons (Fsp3) is 0.538. The van der Waals surface area contributed by atoms with Gasteiger partial charge in [0.05, 0.1) is 6.42 Å². The quantitative estimate of drug-likeness (QED) is 0.882. The summed E-state index contributed by atoms with van der Waals surface area (Å²) < 4.78 is 36.5. The molecule has 102 valence electrons. The molecule has 0 saturated heterocycles. The lowest BCUT2D eigenvalue weighted by Crippen LogP contribution is -2.33. The minimum atomic E-state index is -4.12. The third-order valence-electron chi connectivity index (χ3n) is 2.97. The molecule has 0 heterocycles. The van der Waals surface area contributed by atoms with Crippen molar-refractivity contribution < 1.29 is 13.2 Å². The van der Waals surface area contributed by atoms with Gasteiger partial charge >= 0.3 is 6.18 Å². The Balaban J connectivity index is 2.68. The summed E-state index contributed by atoms with van der Waals surface area (Å²) in [6, 6.07) is 7.53. The first-order valence-corrected chi connectivity index (χ1v) is 5.87. The van der Waals surface area contributed by atoms with Crippen molar-refractivity contribution in [3.63, 3.8) is 0 Å². The molecule has 0 saturated carbocycles. The summed E-state index contributed by atoms with van der Waals surface area (Å²) in [5.41, 5.74) is 7.73. The molecule has 5 heteroatoms. The summed E-state index contributed by atoms with van der Waals surface area (Å²) in [5, 5.41) is 0. The van der Waals surface area contributed by atoms with Crippen LogP contribution in [0.4, 0.5) is 13.2 Å². The Labute approximate surface area is 106 Å². The Kier molecular flexibility index (Phi) is 5.16. The maximum Gasteiger partial charge on any atom is 0.390 e. The van der Waals surface area contributed by atoms with Crippen molar-refractivity contribution in [2.75, 3.05) is 20.1 Å². The molecular weight excluding hydrogens is 241 g/mol. The second kappa shape index (κ2) is 6.20. The molecule has 0 aliphatic rings. The number of benzene rings is 1. The zero-order valence-corrected chi connectivity index (χ0v) is 10.7. The molecule has 0 aromatic heterocycles. The highest BCUT2D eigenvalue weighted by Gasteiger charge is 2.28. The highest BCUT2D eigenvalue weighted by molar-refractivity contribution is 5.24. The van der Waals surface area contributed by atoms with E-state index in [1.165, 1.54) is 0 Å². The normalized spacial score (nSPS) is 13.9. The number of alkyl halides is 3. The molecule has 1 atom stereocenters. The minimum absolute atomic E-state index is 0.0424. The molecule has 0 amide bonds. The Hall–Kier alpha value is -1.07. The first-order chi connectivity index (χ1) is 8.33. The van der Waals surface area contributed by atoms with Crippen LogP contribution in [0.25, 0.3) is 0 Å². The molecule has 18 heavy (non-hydrogen) atoms. The van der Waals surface area contributed by atoms with E-state index in [4.69, 9.17) is 5.73 Å². The molecule has 0 radical (unpaired) electrons. The maximum atomic E-state index is 12.2. The second-order valence-electron chi connectivity index (χ2n) is 4.51. The molecule has 0 aliphatic carbocycles. The van der Waals surface area contributed by atoms with Gasteiger partial charge in [-0.3, -0.25) is 4.90 Å². The van der Waals surface area contributed by atoms with Crippen molar-refractivity contribution >= 4 is 0 Å². The van der Waals surface area contributed by atoms with Gasteiger partial charge in [0, 0.05) is 19.1 Å². The molecule has 1 unspecified atom stereocenters. The third kappa shape index (κ3) is 4.66. The summed E-state index contributed by atoms with van der Waals surface area (Å²) in [4.78, 5) is 1.65. The summed E-state index contributed by atoms with van der Waals surface area (Å²) >= 11 is 0. The number of rotatable bonds is 5. The predicted octanol–water partition coefficient (Wildman–Crippen LogP) is 2.88. The number of nitrogens with two attached hydrogens (primary N) is 1. The first-order valence-electron chi connectivity index (χ1n) is 5.87. The van der Waals surface area contributed by atoms with Crippen LogP contribution >= 0.6 is 0 Å². The molecule has 0 spiro atoms. The van der Waals surface area contributed by atoms with Gasteiger partial charge in [-0.2, -0.15) is 13.2 Å². The van der Waals surface area contributed by atoms with Crippen LogP contribution in [0, 0.1) is 6.92 Å². The molecule has 0 fully saturated rings. The Morgan fingerprint density at radius 3 is 2.22 bits per heavy atom. The van der Waals surface area contributed by atoms with Crippen LogP contribution in [-0.2, 0) is 0 Å². The van der Waals surface area contributed by atoms with Crippen LogP contribution in [0.5, 0.6) is 0 Å². The predicted molar refractivity (Wildman–Crippen MR) is 66.3 cm³/mol. The SMILES string of the molecule is Cc1ccc(C(CN)N(C)CCC(F)(F)F)cc1.